The zero-order valence-corrected chi connectivity index (χ0v) is 16.0. The molecule has 2 heterocycles. The molecule has 0 radical (unpaired) electrons. The summed E-state index contributed by atoms with van der Waals surface area (Å²) in [5.74, 6) is -0.282. The molecule has 0 atom stereocenters. The summed E-state index contributed by atoms with van der Waals surface area (Å²) in [5.41, 5.74) is 1.55. The molecule has 0 unspecified atom stereocenters. The van der Waals surface area contributed by atoms with Crippen LogP contribution in [0.3, 0.4) is 0 Å². The molecule has 1 amide bonds. The number of nitrogens with zero attached hydrogens (tertiary/aromatic N) is 3. The van der Waals surface area contributed by atoms with Crippen LogP contribution in [0.15, 0.2) is 36.7 Å². The van der Waals surface area contributed by atoms with Crippen molar-refractivity contribution in [3.8, 4) is 5.69 Å². The molecule has 1 N–H and O–H groups in total. The molecule has 0 spiro atoms. The van der Waals surface area contributed by atoms with E-state index in [9.17, 15) is 9.59 Å². The van der Waals surface area contributed by atoms with E-state index in [2.05, 4.69) is 10.4 Å². The van der Waals surface area contributed by atoms with E-state index in [0.717, 1.165) is 11.4 Å². The van der Waals surface area contributed by atoms with Crippen molar-refractivity contribution in [2.75, 3.05) is 31.6 Å². The number of carbonyl (C=O) groups excluding carboxylic acids is 2. The molecule has 0 saturated carbocycles. The average Bonchev–Trinajstić information content (AvgIpc) is 3.21. The van der Waals surface area contributed by atoms with Crippen molar-refractivity contribution in [1.82, 2.24) is 14.7 Å². The maximum absolute atomic E-state index is 12.5. The van der Waals surface area contributed by atoms with E-state index in [4.69, 9.17) is 16.3 Å². The molecule has 0 bridgehead atoms. The summed E-state index contributed by atoms with van der Waals surface area (Å²) in [4.78, 5) is 26.1. The SMILES string of the molecule is CCOC(=O)C1CCN(C(=O)CNc2cc(Cl)ccc2-n2cccn2)CC1. The third-order valence-electron chi connectivity index (χ3n) is 4.61. The fraction of sp³-hybridized carbons (Fsp3) is 0.421. The minimum Gasteiger partial charge on any atom is -0.466 e. The highest BCUT2D eigenvalue weighted by molar-refractivity contribution is 6.31. The third-order valence-corrected chi connectivity index (χ3v) is 4.84. The summed E-state index contributed by atoms with van der Waals surface area (Å²) in [7, 11) is 0. The Labute approximate surface area is 163 Å². The highest BCUT2D eigenvalue weighted by Crippen LogP contribution is 2.24. The van der Waals surface area contributed by atoms with Gasteiger partial charge < -0.3 is 15.0 Å². The Hall–Kier alpha value is -2.54. The monoisotopic (exact) mass is 390 g/mol. The Morgan fingerprint density at radius 1 is 1.33 bits per heavy atom. The Bertz CT molecular complexity index is 786. The second kappa shape index (κ2) is 8.90. The number of anilines is 1. The predicted octanol–water partition coefficient (Wildman–Crippen LogP) is 2.74. The fourth-order valence-corrected chi connectivity index (χ4v) is 3.34. The van der Waals surface area contributed by atoms with Gasteiger partial charge in [0.15, 0.2) is 0 Å². The zero-order valence-electron chi connectivity index (χ0n) is 15.2. The molecule has 8 heteroatoms. The molecule has 2 aromatic rings. The van der Waals surface area contributed by atoms with Gasteiger partial charge in [0, 0.05) is 30.5 Å². The van der Waals surface area contributed by atoms with Crippen LogP contribution in [0.25, 0.3) is 5.69 Å². The first-order valence-corrected chi connectivity index (χ1v) is 9.44. The number of hydrogen-bond acceptors (Lipinski definition) is 5. The van der Waals surface area contributed by atoms with Crippen LogP contribution in [0.5, 0.6) is 0 Å². The Morgan fingerprint density at radius 3 is 2.78 bits per heavy atom. The number of benzene rings is 1. The van der Waals surface area contributed by atoms with E-state index in [-0.39, 0.29) is 24.3 Å². The largest absolute Gasteiger partial charge is 0.466 e. The van der Waals surface area contributed by atoms with Crippen molar-refractivity contribution in [2.45, 2.75) is 19.8 Å². The van der Waals surface area contributed by atoms with E-state index in [1.54, 1.807) is 34.8 Å². The van der Waals surface area contributed by atoms with Crippen LogP contribution in [0.1, 0.15) is 19.8 Å². The van der Waals surface area contributed by atoms with Crippen molar-refractivity contribution >= 4 is 29.2 Å². The molecule has 1 aromatic heterocycles. The molecule has 1 aromatic carbocycles. The first-order chi connectivity index (χ1) is 13.1. The average molecular weight is 391 g/mol. The lowest BCUT2D eigenvalue weighted by atomic mass is 9.97. The van der Waals surface area contributed by atoms with Crippen molar-refractivity contribution in [2.24, 2.45) is 5.92 Å². The molecule has 7 nitrogen and oxygen atoms in total. The van der Waals surface area contributed by atoms with Gasteiger partial charge in [0.1, 0.15) is 0 Å². The molecular weight excluding hydrogens is 368 g/mol. The van der Waals surface area contributed by atoms with Crippen LogP contribution in [0.2, 0.25) is 5.02 Å². The molecular formula is C19H23ClN4O3. The lowest BCUT2D eigenvalue weighted by molar-refractivity contribution is -0.151. The molecule has 1 aliphatic rings. The molecule has 1 saturated heterocycles. The van der Waals surface area contributed by atoms with Crippen molar-refractivity contribution in [3.63, 3.8) is 0 Å². The highest BCUT2D eigenvalue weighted by Gasteiger charge is 2.28. The van der Waals surface area contributed by atoms with E-state index in [1.807, 2.05) is 18.3 Å². The second-order valence-electron chi connectivity index (χ2n) is 6.37. The number of likely N-dealkylation sites (tertiary alicyclic amines) is 1. The Balaban J connectivity index is 1.57. The quantitative estimate of drug-likeness (QED) is 0.767. The Morgan fingerprint density at radius 2 is 2.11 bits per heavy atom. The van der Waals surface area contributed by atoms with Crippen LogP contribution in [0, 0.1) is 5.92 Å². The van der Waals surface area contributed by atoms with Gasteiger partial charge in [-0.1, -0.05) is 11.6 Å². The summed E-state index contributed by atoms with van der Waals surface area (Å²) in [6, 6.07) is 7.24. The van der Waals surface area contributed by atoms with Crippen molar-refractivity contribution < 1.29 is 14.3 Å². The van der Waals surface area contributed by atoms with Gasteiger partial charge in [-0.15, -0.1) is 0 Å². The van der Waals surface area contributed by atoms with E-state index in [1.165, 1.54) is 0 Å². The van der Waals surface area contributed by atoms with Crippen molar-refractivity contribution in [1.29, 1.82) is 0 Å². The van der Waals surface area contributed by atoms with Gasteiger partial charge in [0.05, 0.1) is 30.4 Å². The van der Waals surface area contributed by atoms with Gasteiger partial charge in [-0.05, 0) is 44.0 Å². The van der Waals surface area contributed by atoms with Crippen molar-refractivity contribution in [3.05, 3.63) is 41.7 Å². The maximum atomic E-state index is 12.5. The lowest BCUT2D eigenvalue weighted by Gasteiger charge is -2.31. The normalized spacial score (nSPS) is 14.8. The predicted molar refractivity (Wildman–Crippen MR) is 103 cm³/mol. The standard InChI is InChI=1S/C19H23ClN4O3/c1-2-27-19(26)14-6-10-23(11-7-14)18(25)13-21-16-12-15(20)4-5-17(16)24-9-3-8-22-24/h3-5,8-9,12,14,21H,2,6-7,10-11,13H2,1H3. The maximum Gasteiger partial charge on any atom is 0.309 e. The minimum atomic E-state index is -0.162. The summed E-state index contributed by atoms with van der Waals surface area (Å²) in [6.45, 7) is 3.46. The molecule has 144 valence electrons. The first-order valence-electron chi connectivity index (χ1n) is 9.06. The summed E-state index contributed by atoms with van der Waals surface area (Å²) in [5, 5.41) is 7.97. The first kappa shape index (κ1) is 19.2. The number of hydrogen-bond donors (Lipinski definition) is 1. The van der Waals surface area contributed by atoms with Gasteiger partial charge in [-0.2, -0.15) is 5.10 Å². The topological polar surface area (TPSA) is 76.5 Å². The molecule has 1 fully saturated rings. The summed E-state index contributed by atoms with van der Waals surface area (Å²) < 4.78 is 6.78. The smallest absolute Gasteiger partial charge is 0.309 e. The number of amides is 1. The number of aromatic nitrogens is 2. The highest BCUT2D eigenvalue weighted by atomic mass is 35.5. The van der Waals surface area contributed by atoms with Gasteiger partial charge in [0.2, 0.25) is 5.91 Å². The number of rotatable bonds is 6. The molecule has 3 rings (SSSR count). The molecule has 27 heavy (non-hydrogen) atoms. The van der Waals surface area contributed by atoms with Gasteiger partial charge in [-0.25, -0.2) is 4.68 Å². The summed E-state index contributed by atoms with van der Waals surface area (Å²) in [6.07, 6.45) is 4.80. The molecule has 1 aliphatic heterocycles. The number of ether oxygens (including phenoxy) is 1. The van der Waals surface area contributed by atoms with Crippen LogP contribution >= 0.6 is 11.6 Å². The lowest BCUT2D eigenvalue weighted by Crippen LogP contribution is -2.43. The molecule has 0 aliphatic carbocycles. The van der Waals surface area contributed by atoms with Crippen LogP contribution in [0.4, 0.5) is 5.69 Å². The Kier molecular flexibility index (Phi) is 6.34. The minimum absolute atomic E-state index is 0.0105. The van der Waals surface area contributed by atoms with E-state index in [0.29, 0.717) is 37.6 Å². The fourth-order valence-electron chi connectivity index (χ4n) is 3.17. The van der Waals surface area contributed by atoms with Crippen LogP contribution < -0.4 is 5.32 Å². The number of esters is 1. The number of carbonyl (C=O) groups is 2. The van der Waals surface area contributed by atoms with Crippen LogP contribution in [-0.4, -0.2) is 52.8 Å². The summed E-state index contributed by atoms with van der Waals surface area (Å²) >= 11 is 6.10. The third kappa shape index (κ3) is 4.80. The van der Waals surface area contributed by atoms with Gasteiger partial charge in [0.25, 0.3) is 0 Å². The van der Waals surface area contributed by atoms with Gasteiger partial charge >= 0.3 is 5.97 Å². The van der Waals surface area contributed by atoms with Gasteiger partial charge in [-0.3, -0.25) is 9.59 Å². The van der Waals surface area contributed by atoms with E-state index >= 15 is 0 Å². The second-order valence-corrected chi connectivity index (χ2v) is 6.81. The van der Waals surface area contributed by atoms with E-state index < -0.39 is 0 Å². The van der Waals surface area contributed by atoms with Crippen LogP contribution in [-0.2, 0) is 14.3 Å². The zero-order chi connectivity index (χ0) is 19.2. The number of halogens is 1. The number of nitrogens with one attached hydrogen (secondary N) is 1. The number of piperidine rings is 1.